The molecule has 3 aliphatic rings. The number of carbonyl (C=O) groups is 4. The van der Waals surface area contributed by atoms with Crippen LogP contribution in [0.1, 0.15) is 67.8 Å². The summed E-state index contributed by atoms with van der Waals surface area (Å²) in [4.78, 5) is 51.6. The molecule has 3 aliphatic carbocycles. The second-order valence-electron chi connectivity index (χ2n) is 9.65. The number of ether oxygens (including phenoxy) is 1. The average molecular weight is 500 g/mol. The van der Waals surface area contributed by atoms with E-state index in [1.165, 1.54) is 6.07 Å². The second-order valence-corrected chi connectivity index (χ2v) is 9.65. The van der Waals surface area contributed by atoms with Crippen LogP contribution in [-0.4, -0.2) is 55.6 Å². The van der Waals surface area contributed by atoms with Crippen LogP contribution in [0.5, 0.6) is 5.75 Å². The zero-order valence-electron chi connectivity index (χ0n) is 20.0. The number of phenols is 1. The third-order valence-electron chi connectivity index (χ3n) is 7.59. The van der Waals surface area contributed by atoms with E-state index in [1.54, 1.807) is 19.1 Å². The van der Waals surface area contributed by atoms with E-state index in [4.69, 9.17) is 10.5 Å². The highest BCUT2D eigenvalue weighted by Crippen LogP contribution is 2.55. The number of aromatic hydroxyl groups is 1. The molecular weight excluding hydrogens is 470 g/mol. The van der Waals surface area contributed by atoms with Crippen LogP contribution in [-0.2, 0) is 19.1 Å². The Balaban J connectivity index is 1.93. The predicted octanol–water partition coefficient (Wildman–Crippen LogP) is 2.24. The van der Waals surface area contributed by atoms with Gasteiger partial charge >= 0.3 is 5.97 Å². The first-order valence-corrected chi connectivity index (χ1v) is 11.9. The SMILES string of the molecule is CCCCCC(=O)O[C@H]1C2C(=C(O)[C@]3(O)C(=O)C(C(N)=O)=C(O)CC13)C(=O)c1c(O)cccc1[C@@H]2C. The molecule has 0 radical (unpaired) electrons. The highest BCUT2D eigenvalue weighted by Gasteiger charge is 2.65. The van der Waals surface area contributed by atoms with Gasteiger partial charge in [-0.15, -0.1) is 0 Å². The Morgan fingerprint density at radius 3 is 2.50 bits per heavy atom. The molecule has 0 saturated carbocycles. The number of rotatable bonds is 6. The standard InChI is InChI=1S/C26H29NO9/c1-3-4-5-9-16(30)36-22-13-10-15(29)19(25(27)34)23(32)26(13,35)24(33)20-17(22)11(2)12-7-6-8-14(28)18(12)21(20)31/h6-8,11,13,17,22,28-29,33,35H,3-5,9-10H2,1-2H3,(H2,27,34)/t11-,13?,17?,22+,26+/m0/s1. The number of hydrogen-bond donors (Lipinski definition) is 5. The summed E-state index contributed by atoms with van der Waals surface area (Å²) in [5, 5.41) is 43.8. The number of ketones is 2. The topological polar surface area (TPSA) is 184 Å². The van der Waals surface area contributed by atoms with E-state index in [1.807, 2.05) is 6.92 Å². The lowest BCUT2D eigenvalue weighted by atomic mass is 9.56. The van der Waals surface area contributed by atoms with E-state index in [0.717, 1.165) is 12.8 Å². The van der Waals surface area contributed by atoms with Crippen LogP contribution in [0, 0.1) is 11.8 Å². The molecule has 0 aliphatic heterocycles. The van der Waals surface area contributed by atoms with Gasteiger partial charge in [-0.2, -0.15) is 0 Å². The first kappa shape index (κ1) is 25.4. The first-order valence-electron chi connectivity index (χ1n) is 11.9. The van der Waals surface area contributed by atoms with Crippen LogP contribution in [0.3, 0.4) is 0 Å². The van der Waals surface area contributed by atoms with E-state index in [-0.39, 0.29) is 23.3 Å². The van der Waals surface area contributed by atoms with Crippen LogP contribution in [0.2, 0.25) is 0 Å². The van der Waals surface area contributed by atoms with Crippen molar-refractivity contribution < 1.29 is 44.3 Å². The maximum atomic E-state index is 13.6. The smallest absolute Gasteiger partial charge is 0.306 e. The molecule has 10 heteroatoms. The van der Waals surface area contributed by atoms with Gasteiger partial charge in [-0.25, -0.2) is 0 Å². The number of allylic oxidation sites excluding steroid dienone is 1. The number of unbranched alkanes of at least 4 members (excludes halogenated alkanes) is 2. The van der Waals surface area contributed by atoms with Crippen molar-refractivity contribution >= 4 is 23.4 Å². The lowest BCUT2D eigenvalue weighted by molar-refractivity contribution is -0.174. The molecule has 0 heterocycles. The molecule has 0 saturated heterocycles. The molecule has 6 N–H and O–H groups in total. The largest absolute Gasteiger partial charge is 0.511 e. The van der Waals surface area contributed by atoms with Gasteiger partial charge in [-0.1, -0.05) is 38.8 Å². The van der Waals surface area contributed by atoms with Gasteiger partial charge in [-0.3, -0.25) is 19.2 Å². The Hall–Kier alpha value is -3.66. The molecule has 10 nitrogen and oxygen atoms in total. The third kappa shape index (κ3) is 3.59. The molecule has 4 rings (SSSR count). The number of Topliss-reactive ketones (excluding diaryl/α,β-unsaturated/α-hetero) is 2. The Labute approximate surface area is 207 Å². The van der Waals surface area contributed by atoms with Crippen molar-refractivity contribution in [2.75, 3.05) is 0 Å². The maximum Gasteiger partial charge on any atom is 0.306 e. The summed E-state index contributed by atoms with van der Waals surface area (Å²) < 4.78 is 5.79. The van der Waals surface area contributed by atoms with Crippen molar-refractivity contribution in [2.45, 2.75) is 63.6 Å². The summed E-state index contributed by atoms with van der Waals surface area (Å²) >= 11 is 0. The fraction of sp³-hybridized carbons (Fsp3) is 0.462. The minimum absolute atomic E-state index is 0.0508. The van der Waals surface area contributed by atoms with Crippen LogP contribution in [0.15, 0.2) is 40.9 Å². The lowest BCUT2D eigenvalue weighted by Gasteiger charge is -2.51. The van der Waals surface area contributed by atoms with Gasteiger partial charge in [0, 0.05) is 30.3 Å². The number of esters is 1. The van der Waals surface area contributed by atoms with E-state index in [9.17, 15) is 39.6 Å². The molecule has 0 fully saturated rings. The Morgan fingerprint density at radius 2 is 1.86 bits per heavy atom. The van der Waals surface area contributed by atoms with Crippen molar-refractivity contribution in [3.8, 4) is 5.75 Å². The van der Waals surface area contributed by atoms with E-state index >= 15 is 0 Å². The van der Waals surface area contributed by atoms with Gasteiger partial charge in [0.2, 0.25) is 5.78 Å². The van der Waals surface area contributed by atoms with Gasteiger partial charge < -0.3 is 30.9 Å². The quantitative estimate of drug-likeness (QED) is 0.222. The third-order valence-corrected chi connectivity index (χ3v) is 7.59. The minimum atomic E-state index is -2.85. The zero-order valence-corrected chi connectivity index (χ0v) is 20.0. The molecule has 1 amide bonds. The lowest BCUT2D eigenvalue weighted by Crippen LogP contribution is -2.63. The normalized spacial score (nSPS) is 29.4. The number of phenolic OH excluding ortho intramolecular Hbond substituents is 1. The first-order chi connectivity index (χ1) is 17.0. The Bertz CT molecular complexity index is 1230. The number of aliphatic hydroxyl groups is 3. The van der Waals surface area contributed by atoms with Crippen LogP contribution in [0.25, 0.3) is 0 Å². The highest BCUT2D eigenvalue weighted by atomic mass is 16.5. The number of benzene rings is 1. The van der Waals surface area contributed by atoms with Crippen molar-refractivity contribution in [1.29, 1.82) is 0 Å². The fourth-order valence-electron chi connectivity index (χ4n) is 5.81. The molecule has 5 atom stereocenters. The van der Waals surface area contributed by atoms with E-state index < -0.39 is 76.4 Å². The summed E-state index contributed by atoms with van der Waals surface area (Å²) in [7, 11) is 0. The monoisotopic (exact) mass is 499 g/mol. The molecule has 1 aromatic rings. The number of carbonyl (C=O) groups excluding carboxylic acids is 4. The maximum absolute atomic E-state index is 13.6. The molecule has 0 spiro atoms. The number of hydrogen-bond acceptors (Lipinski definition) is 9. The fourth-order valence-corrected chi connectivity index (χ4v) is 5.81. The van der Waals surface area contributed by atoms with Crippen molar-refractivity contribution in [3.63, 3.8) is 0 Å². The second kappa shape index (κ2) is 9.09. The van der Waals surface area contributed by atoms with Crippen LogP contribution < -0.4 is 5.73 Å². The number of aliphatic hydroxyl groups excluding tert-OH is 2. The highest BCUT2D eigenvalue weighted by molar-refractivity contribution is 6.24. The Morgan fingerprint density at radius 1 is 1.17 bits per heavy atom. The minimum Gasteiger partial charge on any atom is -0.511 e. The molecule has 0 bridgehead atoms. The molecule has 1 aromatic carbocycles. The van der Waals surface area contributed by atoms with E-state index in [2.05, 4.69) is 0 Å². The predicted molar refractivity (Wildman–Crippen MR) is 125 cm³/mol. The van der Waals surface area contributed by atoms with Gasteiger partial charge in [-0.05, 0) is 24.0 Å². The van der Waals surface area contributed by atoms with E-state index in [0.29, 0.717) is 12.0 Å². The molecule has 0 aromatic heterocycles. The van der Waals surface area contributed by atoms with Gasteiger partial charge in [0.05, 0.1) is 5.56 Å². The summed E-state index contributed by atoms with van der Waals surface area (Å²) in [5.41, 5.74) is 1.45. The molecular formula is C26H29NO9. The average Bonchev–Trinajstić information content (AvgIpc) is 2.81. The van der Waals surface area contributed by atoms with Crippen molar-refractivity contribution in [1.82, 2.24) is 0 Å². The summed E-state index contributed by atoms with van der Waals surface area (Å²) in [5.74, 6) is -9.21. The summed E-state index contributed by atoms with van der Waals surface area (Å²) in [6.07, 6.45) is 0.400. The number of primary amides is 1. The van der Waals surface area contributed by atoms with Gasteiger partial charge in [0.15, 0.2) is 11.4 Å². The van der Waals surface area contributed by atoms with Gasteiger partial charge in [0.1, 0.15) is 28.9 Å². The molecule has 36 heavy (non-hydrogen) atoms. The Kier molecular flexibility index (Phi) is 6.42. The summed E-state index contributed by atoms with van der Waals surface area (Å²) in [6, 6.07) is 4.47. The van der Waals surface area contributed by atoms with Crippen molar-refractivity contribution in [3.05, 3.63) is 52.0 Å². The zero-order chi connectivity index (χ0) is 26.5. The van der Waals surface area contributed by atoms with Gasteiger partial charge in [0.25, 0.3) is 5.91 Å². The summed E-state index contributed by atoms with van der Waals surface area (Å²) in [6.45, 7) is 3.67. The van der Waals surface area contributed by atoms with Crippen LogP contribution in [0.4, 0.5) is 0 Å². The number of fused-ring (bicyclic) bond motifs is 3. The van der Waals surface area contributed by atoms with Crippen molar-refractivity contribution in [2.24, 2.45) is 17.6 Å². The number of nitrogens with two attached hydrogens (primary N) is 1. The molecule has 2 unspecified atom stereocenters. The van der Waals surface area contributed by atoms with Crippen LogP contribution >= 0.6 is 0 Å². The number of amides is 1. The molecule has 192 valence electrons.